The van der Waals surface area contributed by atoms with Crippen molar-refractivity contribution in [2.75, 3.05) is 13.2 Å². The van der Waals surface area contributed by atoms with Crippen molar-refractivity contribution in [2.45, 2.75) is 6.92 Å². The molecule has 0 fully saturated rings. The number of ether oxygens (including phenoxy) is 2. The van der Waals surface area contributed by atoms with Gasteiger partial charge in [-0.25, -0.2) is 0 Å². The SMILES string of the molecule is C=CCOc1ccc(/C=C/C(=O)c2ccccc2)cc1OCC. The highest BCUT2D eigenvalue weighted by atomic mass is 16.5. The second kappa shape index (κ2) is 8.59. The lowest BCUT2D eigenvalue weighted by Crippen LogP contribution is -1.99. The van der Waals surface area contributed by atoms with Crippen LogP contribution in [0, 0.1) is 0 Å². The van der Waals surface area contributed by atoms with E-state index in [-0.39, 0.29) is 5.78 Å². The summed E-state index contributed by atoms with van der Waals surface area (Å²) in [4.78, 5) is 12.1. The van der Waals surface area contributed by atoms with E-state index >= 15 is 0 Å². The third-order valence-corrected chi connectivity index (χ3v) is 3.11. The van der Waals surface area contributed by atoms with E-state index in [0.29, 0.717) is 30.3 Å². The fraction of sp³-hybridized carbons (Fsp3) is 0.150. The Labute approximate surface area is 136 Å². The summed E-state index contributed by atoms with van der Waals surface area (Å²) < 4.78 is 11.1. The molecule has 0 aliphatic carbocycles. The van der Waals surface area contributed by atoms with Gasteiger partial charge in [-0.2, -0.15) is 0 Å². The van der Waals surface area contributed by atoms with Gasteiger partial charge in [-0.15, -0.1) is 0 Å². The average molecular weight is 308 g/mol. The van der Waals surface area contributed by atoms with Gasteiger partial charge in [-0.05, 0) is 30.7 Å². The predicted molar refractivity (Wildman–Crippen MR) is 93.1 cm³/mol. The van der Waals surface area contributed by atoms with Gasteiger partial charge in [0, 0.05) is 5.56 Å². The van der Waals surface area contributed by atoms with E-state index in [1.807, 2.05) is 43.3 Å². The van der Waals surface area contributed by atoms with Crippen molar-refractivity contribution in [3.63, 3.8) is 0 Å². The van der Waals surface area contributed by atoms with Crippen LogP contribution in [0.3, 0.4) is 0 Å². The zero-order valence-corrected chi connectivity index (χ0v) is 13.2. The maximum Gasteiger partial charge on any atom is 0.185 e. The van der Waals surface area contributed by atoms with Crippen LogP contribution in [0.25, 0.3) is 6.08 Å². The Bertz CT molecular complexity index is 687. The van der Waals surface area contributed by atoms with Gasteiger partial charge in [-0.3, -0.25) is 4.79 Å². The molecule has 0 atom stereocenters. The van der Waals surface area contributed by atoms with Gasteiger partial charge >= 0.3 is 0 Å². The molecule has 2 rings (SSSR count). The summed E-state index contributed by atoms with van der Waals surface area (Å²) in [5, 5.41) is 0. The van der Waals surface area contributed by atoms with E-state index in [0.717, 1.165) is 5.56 Å². The number of allylic oxidation sites excluding steroid dienone is 1. The molecular weight excluding hydrogens is 288 g/mol. The molecular formula is C20H20O3. The third-order valence-electron chi connectivity index (χ3n) is 3.11. The molecule has 0 aliphatic rings. The van der Waals surface area contributed by atoms with Crippen LogP contribution >= 0.6 is 0 Å². The lowest BCUT2D eigenvalue weighted by Gasteiger charge is -2.11. The van der Waals surface area contributed by atoms with Crippen LogP contribution in [0.1, 0.15) is 22.8 Å². The molecule has 3 heteroatoms. The minimum absolute atomic E-state index is 0.0319. The molecule has 3 nitrogen and oxygen atoms in total. The minimum Gasteiger partial charge on any atom is -0.490 e. The average Bonchev–Trinajstić information content (AvgIpc) is 2.60. The summed E-state index contributed by atoms with van der Waals surface area (Å²) in [6.45, 7) is 6.51. The van der Waals surface area contributed by atoms with Gasteiger partial charge in [0.2, 0.25) is 0 Å². The van der Waals surface area contributed by atoms with Gasteiger partial charge in [0.1, 0.15) is 6.61 Å². The van der Waals surface area contributed by atoms with Gasteiger partial charge in [0.05, 0.1) is 6.61 Å². The van der Waals surface area contributed by atoms with Crippen molar-refractivity contribution in [1.29, 1.82) is 0 Å². The van der Waals surface area contributed by atoms with E-state index in [4.69, 9.17) is 9.47 Å². The molecule has 0 bridgehead atoms. The number of rotatable bonds is 8. The molecule has 0 aromatic heterocycles. The van der Waals surface area contributed by atoms with E-state index in [9.17, 15) is 4.79 Å². The maximum absolute atomic E-state index is 12.1. The van der Waals surface area contributed by atoms with Gasteiger partial charge in [0.25, 0.3) is 0 Å². The molecule has 118 valence electrons. The molecule has 0 spiro atoms. The number of hydrogen-bond acceptors (Lipinski definition) is 3. The van der Waals surface area contributed by atoms with Crippen LogP contribution in [-0.4, -0.2) is 19.0 Å². The van der Waals surface area contributed by atoms with Gasteiger partial charge in [-0.1, -0.05) is 55.1 Å². The topological polar surface area (TPSA) is 35.5 Å². The molecule has 0 unspecified atom stereocenters. The monoisotopic (exact) mass is 308 g/mol. The molecule has 0 heterocycles. The highest BCUT2D eigenvalue weighted by molar-refractivity contribution is 6.06. The van der Waals surface area contributed by atoms with Crippen molar-refractivity contribution in [2.24, 2.45) is 0 Å². The summed E-state index contributed by atoms with van der Waals surface area (Å²) in [6, 6.07) is 14.7. The first-order chi connectivity index (χ1) is 11.2. The van der Waals surface area contributed by atoms with Crippen molar-refractivity contribution in [3.8, 4) is 11.5 Å². The first-order valence-electron chi connectivity index (χ1n) is 7.52. The number of ketones is 1. The van der Waals surface area contributed by atoms with Crippen LogP contribution in [-0.2, 0) is 0 Å². The molecule has 2 aromatic rings. The van der Waals surface area contributed by atoms with Gasteiger partial charge < -0.3 is 9.47 Å². The standard InChI is InChI=1S/C20H20O3/c1-3-14-23-19-13-11-16(15-20(19)22-4-2)10-12-18(21)17-8-6-5-7-9-17/h3,5-13,15H,1,4,14H2,2H3/b12-10+. The first kappa shape index (κ1) is 16.6. The molecule has 2 aromatic carbocycles. The van der Waals surface area contributed by atoms with Gasteiger partial charge in [0.15, 0.2) is 17.3 Å². The summed E-state index contributed by atoms with van der Waals surface area (Å²) in [6.07, 6.45) is 5.02. The predicted octanol–water partition coefficient (Wildman–Crippen LogP) is 4.55. The van der Waals surface area contributed by atoms with Crippen LogP contribution in [0.4, 0.5) is 0 Å². The molecule has 0 radical (unpaired) electrons. The quantitative estimate of drug-likeness (QED) is 0.408. The number of benzene rings is 2. The number of carbonyl (C=O) groups excluding carboxylic acids is 1. The summed E-state index contributed by atoms with van der Waals surface area (Å²) >= 11 is 0. The zero-order chi connectivity index (χ0) is 16.5. The Morgan fingerprint density at radius 1 is 1.09 bits per heavy atom. The highest BCUT2D eigenvalue weighted by Crippen LogP contribution is 2.29. The second-order valence-electron chi connectivity index (χ2n) is 4.80. The first-order valence-corrected chi connectivity index (χ1v) is 7.52. The maximum atomic E-state index is 12.1. The molecule has 0 N–H and O–H groups in total. The molecule has 0 saturated heterocycles. The van der Waals surface area contributed by atoms with Crippen LogP contribution < -0.4 is 9.47 Å². The third kappa shape index (κ3) is 4.85. The van der Waals surface area contributed by atoms with Crippen molar-refractivity contribution >= 4 is 11.9 Å². The van der Waals surface area contributed by atoms with Crippen molar-refractivity contribution in [3.05, 3.63) is 78.4 Å². The summed E-state index contributed by atoms with van der Waals surface area (Å²) in [7, 11) is 0. The Kier molecular flexibility index (Phi) is 6.18. The van der Waals surface area contributed by atoms with Crippen LogP contribution in [0.5, 0.6) is 11.5 Å². The summed E-state index contributed by atoms with van der Waals surface area (Å²) in [5.41, 5.74) is 1.54. The number of hydrogen-bond donors (Lipinski definition) is 0. The van der Waals surface area contributed by atoms with E-state index in [2.05, 4.69) is 6.58 Å². The Hall–Kier alpha value is -2.81. The second-order valence-corrected chi connectivity index (χ2v) is 4.80. The van der Waals surface area contributed by atoms with Crippen LogP contribution in [0.15, 0.2) is 67.3 Å². The van der Waals surface area contributed by atoms with Crippen molar-refractivity contribution < 1.29 is 14.3 Å². The normalized spacial score (nSPS) is 10.5. The number of carbonyl (C=O) groups is 1. The smallest absolute Gasteiger partial charge is 0.185 e. The molecule has 0 aliphatic heterocycles. The Morgan fingerprint density at radius 2 is 1.87 bits per heavy atom. The Morgan fingerprint density at radius 3 is 2.57 bits per heavy atom. The Balaban J connectivity index is 2.16. The molecule has 0 amide bonds. The zero-order valence-electron chi connectivity index (χ0n) is 13.2. The lowest BCUT2D eigenvalue weighted by molar-refractivity contribution is 0.104. The van der Waals surface area contributed by atoms with E-state index in [1.165, 1.54) is 0 Å². The van der Waals surface area contributed by atoms with Crippen LogP contribution in [0.2, 0.25) is 0 Å². The largest absolute Gasteiger partial charge is 0.490 e. The van der Waals surface area contributed by atoms with E-state index in [1.54, 1.807) is 30.4 Å². The van der Waals surface area contributed by atoms with E-state index < -0.39 is 0 Å². The molecule has 0 saturated carbocycles. The summed E-state index contributed by atoms with van der Waals surface area (Å²) in [5.74, 6) is 1.29. The van der Waals surface area contributed by atoms with Crippen molar-refractivity contribution in [1.82, 2.24) is 0 Å². The highest BCUT2D eigenvalue weighted by Gasteiger charge is 2.06. The molecule has 23 heavy (non-hydrogen) atoms. The minimum atomic E-state index is -0.0319. The fourth-order valence-electron chi connectivity index (χ4n) is 2.04. The lowest BCUT2D eigenvalue weighted by atomic mass is 10.1. The fourth-order valence-corrected chi connectivity index (χ4v) is 2.04.